The lowest BCUT2D eigenvalue weighted by Crippen LogP contribution is -2.10. The van der Waals surface area contributed by atoms with E-state index < -0.39 is 17.9 Å². The highest BCUT2D eigenvalue weighted by Gasteiger charge is 2.26. The summed E-state index contributed by atoms with van der Waals surface area (Å²) in [4.78, 5) is 16.0. The smallest absolute Gasteiger partial charge is 0.350 e. The zero-order valence-corrected chi connectivity index (χ0v) is 13.9. The lowest BCUT2D eigenvalue weighted by molar-refractivity contribution is 0.0526. The number of thiazole rings is 1. The molecule has 0 bridgehead atoms. The minimum absolute atomic E-state index is 0.0113. The molecule has 1 atom stereocenters. The summed E-state index contributed by atoms with van der Waals surface area (Å²) in [6.45, 7) is 1.86. The van der Waals surface area contributed by atoms with E-state index in [1.165, 1.54) is 12.1 Å². The second kappa shape index (κ2) is 6.83. The van der Waals surface area contributed by atoms with Gasteiger partial charge in [-0.25, -0.2) is 14.2 Å². The number of nitrogens with zero attached hydrogens (tertiary/aromatic N) is 1. The van der Waals surface area contributed by atoms with Gasteiger partial charge in [-0.2, -0.15) is 0 Å². The highest BCUT2D eigenvalue weighted by molar-refractivity contribution is 9.11. The van der Waals surface area contributed by atoms with E-state index in [-0.39, 0.29) is 27.8 Å². The SMILES string of the molecule is CCOC(=O)c1sc(Br)nc1C(O)c1ccc(Cl)cc1F. The summed E-state index contributed by atoms with van der Waals surface area (Å²) < 4.78 is 19.2. The number of aliphatic hydroxyl groups excluding tert-OH is 1. The molecule has 112 valence electrons. The molecule has 0 aliphatic heterocycles. The molecule has 4 nitrogen and oxygen atoms in total. The monoisotopic (exact) mass is 393 g/mol. The number of esters is 1. The molecular weight excluding hydrogens is 385 g/mol. The summed E-state index contributed by atoms with van der Waals surface area (Å²) in [5.41, 5.74) is 0.0364. The summed E-state index contributed by atoms with van der Waals surface area (Å²) in [6, 6.07) is 3.89. The molecule has 0 radical (unpaired) electrons. The zero-order chi connectivity index (χ0) is 15.6. The molecule has 1 heterocycles. The van der Waals surface area contributed by atoms with Gasteiger partial charge >= 0.3 is 5.97 Å². The standard InChI is InChI=1S/C13H10BrClFNO3S/c1-2-20-12(19)11-9(17-13(14)21-11)10(18)7-4-3-6(15)5-8(7)16/h3-5,10,18H,2H2,1H3. The van der Waals surface area contributed by atoms with Crippen LogP contribution in [-0.4, -0.2) is 22.7 Å². The molecule has 0 saturated heterocycles. The van der Waals surface area contributed by atoms with Gasteiger partial charge in [0.15, 0.2) is 3.92 Å². The van der Waals surface area contributed by atoms with Gasteiger partial charge in [0, 0.05) is 10.6 Å². The van der Waals surface area contributed by atoms with Crippen molar-refractivity contribution in [1.29, 1.82) is 0 Å². The first-order valence-electron chi connectivity index (χ1n) is 5.90. The maximum absolute atomic E-state index is 13.9. The first-order chi connectivity index (χ1) is 9.93. The Kier molecular flexibility index (Phi) is 5.32. The molecule has 0 aliphatic carbocycles. The number of carbonyl (C=O) groups is 1. The molecule has 0 saturated carbocycles. The maximum atomic E-state index is 13.9. The summed E-state index contributed by atoms with van der Waals surface area (Å²) in [5.74, 6) is -1.28. The van der Waals surface area contributed by atoms with Crippen molar-refractivity contribution in [3.05, 3.63) is 49.1 Å². The van der Waals surface area contributed by atoms with Crippen LogP contribution in [0, 0.1) is 5.82 Å². The molecule has 0 aliphatic rings. The van der Waals surface area contributed by atoms with Gasteiger partial charge in [-0.3, -0.25) is 0 Å². The van der Waals surface area contributed by atoms with Gasteiger partial charge in [-0.15, -0.1) is 0 Å². The fourth-order valence-corrected chi connectivity index (χ4v) is 3.26. The second-order valence-corrected chi connectivity index (χ2v) is 6.68. The number of rotatable bonds is 4. The Bertz CT molecular complexity index is 679. The molecular formula is C13H10BrClFNO3S. The van der Waals surface area contributed by atoms with E-state index in [0.717, 1.165) is 17.4 Å². The Hall–Kier alpha value is -1.02. The van der Waals surface area contributed by atoms with E-state index >= 15 is 0 Å². The third-order valence-corrected chi connectivity index (χ3v) is 4.34. The number of aromatic nitrogens is 1. The molecule has 8 heteroatoms. The minimum Gasteiger partial charge on any atom is -0.462 e. The van der Waals surface area contributed by atoms with Crippen molar-refractivity contribution in [1.82, 2.24) is 4.98 Å². The molecule has 2 rings (SSSR count). The average molecular weight is 395 g/mol. The average Bonchev–Trinajstić information content (AvgIpc) is 2.80. The highest BCUT2D eigenvalue weighted by Crippen LogP contribution is 2.33. The molecule has 0 spiro atoms. The van der Waals surface area contributed by atoms with E-state index in [1.54, 1.807) is 6.92 Å². The quantitative estimate of drug-likeness (QED) is 0.798. The molecule has 1 unspecified atom stereocenters. The van der Waals surface area contributed by atoms with E-state index in [1.807, 2.05) is 0 Å². The van der Waals surface area contributed by atoms with Gasteiger partial charge in [0.1, 0.15) is 22.5 Å². The Morgan fingerprint density at radius 3 is 2.95 bits per heavy atom. The van der Waals surface area contributed by atoms with Crippen molar-refractivity contribution >= 4 is 44.8 Å². The molecule has 1 aromatic heterocycles. The van der Waals surface area contributed by atoms with Gasteiger partial charge in [0.2, 0.25) is 0 Å². The Labute approximate surface area is 137 Å². The fraction of sp³-hybridized carbons (Fsp3) is 0.231. The molecule has 1 N–H and O–H groups in total. The van der Waals surface area contributed by atoms with Crippen LogP contribution in [0.4, 0.5) is 4.39 Å². The molecule has 1 aromatic carbocycles. The Morgan fingerprint density at radius 1 is 1.62 bits per heavy atom. The normalized spacial score (nSPS) is 12.2. The second-order valence-electron chi connectivity index (χ2n) is 3.97. The fourth-order valence-electron chi connectivity index (χ4n) is 1.70. The Morgan fingerprint density at radius 2 is 2.33 bits per heavy atom. The summed E-state index contributed by atoms with van der Waals surface area (Å²) in [5, 5.41) is 10.5. The number of aliphatic hydroxyl groups is 1. The third-order valence-electron chi connectivity index (χ3n) is 2.60. The van der Waals surface area contributed by atoms with Gasteiger partial charge in [-0.05, 0) is 35.0 Å². The lowest BCUT2D eigenvalue weighted by Gasteiger charge is -2.11. The molecule has 2 aromatic rings. The van der Waals surface area contributed by atoms with Gasteiger partial charge in [-0.1, -0.05) is 29.0 Å². The molecule has 0 fully saturated rings. The van der Waals surface area contributed by atoms with Gasteiger partial charge < -0.3 is 9.84 Å². The number of carbonyl (C=O) groups excluding carboxylic acids is 1. The highest BCUT2D eigenvalue weighted by atomic mass is 79.9. The van der Waals surface area contributed by atoms with Crippen LogP contribution in [0.1, 0.15) is 34.0 Å². The summed E-state index contributed by atoms with van der Waals surface area (Å²) in [7, 11) is 0. The third kappa shape index (κ3) is 3.60. The molecule has 21 heavy (non-hydrogen) atoms. The van der Waals surface area contributed by atoms with Crippen molar-refractivity contribution in [2.75, 3.05) is 6.61 Å². The van der Waals surface area contributed by atoms with E-state index in [0.29, 0.717) is 3.92 Å². The number of halogens is 3. The van der Waals surface area contributed by atoms with Crippen LogP contribution < -0.4 is 0 Å². The largest absolute Gasteiger partial charge is 0.462 e. The van der Waals surface area contributed by atoms with Crippen molar-refractivity contribution in [3.8, 4) is 0 Å². The van der Waals surface area contributed by atoms with Gasteiger partial charge in [0.05, 0.1) is 6.61 Å². The van der Waals surface area contributed by atoms with Crippen LogP contribution in [0.2, 0.25) is 5.02 Å². The van der Waals surface area contributed by atoms with Crippen molar-refractivity contribution in [2.24, 2.45) is 0 Å². The zero-order valence-electron chi connectivity index (χ0n) is 10.8. The van der Waals surface area contributed by atoms with Crippen LogP contribution in [0.5, 0.6) is 0 Å². The van der Waals surface area contributed by atoms with Crippen LogP contribution in [0.3, 0.4) is 0 Å². The van der Waals surface area contributed by atoms with E-state index in [9.17, 15) is 14.3 Å². The Balaban J connectivity index is 2.43. The summed E-state index contributed by atoms with van der Waals surface area (Å²) >= 11 is 9.84. The number of ether oxygens (including phenoxy) is 1. The van der Waals surface area contributed by atoms with Gasteiger partial charge in [0.25, 0.3) is 0 Å². The topological polar surface area (TPSA) is 59.4 Å². The van der Waals surface area contributed by atoms with Crippen molar-refractivity contribution in [3.63, 3.8) is 0 Å². The lowest BCUT2D eigenvalue weighted by atomic mass is 10.1. The van der Waals surface area contributed by atoms with E-state index in [4.69, 9.17) is 16.3 Å². The number of benzene rings is 1. The predicted octanol–water partition coefficient (Wildman–Crippen LogP) is 3.96. The van der Waals surface area contributed by atoms with Crippen LogP contribution in [-0.2, 0) is 4.74 Å². The number of hydrogen-bond acceptors (Lipinski definition) is 5. The minimum atomic E-state index is -1.38. The predicted molar refractivity (Wildman–Crippen MR) is 81.2 cm³/mol. The van der Waals surface area contributed by atoms with Crippen LogP contribution in [0.15, 0.2) is 22.1 Å². The van der Waals surface area contributed by atoms with Crippen molar-refractivity contribution in [2.45, 2.75) is 13.0 Å². The first kappa shape index (κ1) is 16.4. The van der Waals surface area contributed by atoms with Crippen LogP contribution in [0.25, 0.3) is 0 Å². The van der Waals surface area contributed by atoms with Crippen LogP contribution >= 0.6 is 38.9 Å². The maximum Gasteiger partial charge on any atom is 0.350 e. The van der Waals surface area contributed by atoms with E-state index in [2.05, 4.69) is 20.9 Å². The first-order valence-corrected chi connectivity index (χ1v) is 7.89. The summed E-state index contributed by atoms with van der Waals surface area (Å²) in [6.07, 6.45) is -1.38. The molecule has 0 amide bonds. The number of hydrogen-bond donors (Lipinski definition) is 1. The van der Waals surface area contributed by atoms with Crippen molar-refractivity contribution < 1.29 is 19.0 Å².